The van der Waals surface area contributed by atoms with Crippen LogP contribution in [0.3, 0.4) is 0 Å². The van der Waals surface area contributed by atoms with Crippen molar-refractivity contribution in [3.8, 4) is 6.07 Å². The number of halogens is 5. The van der Waals surface area contributed by atoms with Crippen molar-refractivity contribution in [1.82, 2.24) is 14.7 Å². The van der Waals surface area contributed by atoms with Gasteiger partial charge in [0.15, 0.2) is 5.69 Å². The molecule has 1 saturated carbocycles. The van der Waals surface area contributed by atoms with Gasteiger partial charge < -0.3 is 5.32 Å². The van der Waals surface area contributed by atoms with Gasteiger partial charge in [0.2, 0.25) is 5.92 Å². The number of ketones is 1. The van der Waals surface area contributed by atoms with Crippen LogP contribution < -0.4 is 5.32 Å². The van der Waals surface area contributed by atoms with E-state index in [9.17, 15) is 36.8 Å². The van der Waals surface area contributed by atoms with Crippen molar-refractivity contribution >= 4 is 17.3 Å². The maximum Gasteiger partial charge on any atom is 0.435 e. The van der Waals surface area contributed by atoms with Gasteiger partial charge >= 0.3 is 6.18 Å². The van der Waals surface area contributed by atoms with E-state index in [1.165, 1.54) is 6.92 Å². The van der Waals surface area contributed by atoms with E-state index in [1.54, 1.807) is 6.07 Å². The summed E-state index contributed by atoms with van der Waals surface area (Å²) in [6.45, 7) is 0.980. The average molecular weight is 442 g/mol. The second-order valence-electron chi connectivity index (χ2n) is 7.73. The predicted molar refractivity (Wildman–Crippen MR) is 98.5 cm³/mol. The van der Waals surface area contributed by atoms with Gasteiger partial charge in [0.25, 0.3) is 5.91 Å². The molecular formula is C20H19F5N4O2. The fourth-order valence-electron chi connectivity index (χ4n) is 3.74. The Hall–Kier alpha value is -3.03. The van der Waals surface area contributed by atoms with E-state index in [2.05, 4.69) is 10.3 Å². The number of aromatic nitrogens is 2. The van der Waals surface area contributed by atoms with Gasteiger partial charge in [-0.05, 0) is 44.2 Å². The number of imidazole rings is 1. The predicted octanol–water partition coefficient (Wildman–Crippen LogP) is 3.91. The highest BCUT2D eigenvalue weighted by Gasteiger charge is 2.41. The monoisotopic (exact) mass is 442 g/mol. The SMILES string of the molecule is CC(=O)CNC(=O)c1cc(C#N)n2c(CC3CCC(F)(F)CC3)c(C(F)(F)F)nc2c1. The van der Waals surface area contributed by atoms with Crippen LogP contribution in [0.25, 0.3) is 5.65 Å². The zero-order valence-corrected chi connectivity index (χ0v) is 16.5. The number of carbonyl (C=O) groups is 2. The van der Waals surface area contributed by atoms with Crippen molar-refractivity contribution in [3.05, 3.63) is 34.8 Å². The van der Waals surface area contributed by atoms with E-state index >= 15 is 0 Å². The van der Waals surface area contributed by atoms with E-state index in [4.69, 9.17) is 0 Å². The Labute approximate surface area is 174 Å². The molecule has 166 valence electrons. The van der Waals surface area contributed by atoms with Gasteiger partial charge in [-0.2, -0.15) is 18.4 Å². The third kappa shape index (κ3) is 5.00. The number of hydrogen-bond donors (Lipinski definition) is 1. The fourth-order valence-corrected chi connectivity index (χ4v) is 3.74. The smallest absolute Gasteiger partial charge is 0.345 e. The number of hydrogen-bond acceptors (Lipinski definition) is 4. The van der Waals surface area contributed by atoms with Crippen molar-refractivity contribution in [2.45, 2.75) is 51.1 Å². The molecule has 6 nitrogen and oxygen atoms in total. The van der Waals surface area contributed by atoms with E-state index in [-0.39, 0.29) is 54.2 Å². The molecule has 0 spiro atoms. The van der Waals surface area contributed by atoms with Crippen LogP contribution in [0.2, 0.25) is 0 Å². The van der Waals surface area contributed by atoms with E-state index in [1.807, 2.05) is 0 Å². The van der Waals surface area contributed by atoms with Gasteiger partial charge in [-0.15, -0.1) is 0 Å². The first kappa shape index (κ1) is 22.7. The maximum absolute atomic E-state index is 13.7. The summed E-state index contributed by atoms with van der Waals surface area (Å²) >= 11 is 0. The molecule has 0 saturated heterocycles. The number of Topliss-reactive ketones (excluding diaryl/α,β-unsaturated/α-hetero) is 1. The van der Waals surface area contributed by atoms with Crippen molar-refractivity contribution in [2.24, 2.45) is 5.92 Å². The van der Waals surface area contributed by atoms with Crippen LogP contribution >= 0.6 is 0 Å². The Bertz CT molecular complexity index is 1060. The number of nitriles is 1. The highest BCUT2D eigenvalue weighted by atomic mass is 19.4. The Morgan fingerprint density at radius 2 is 1.94 bits per heavy atom. The first-order chi connectivity index (χ1) is 14.4. The molecule has 0 atom stereocenters. The second-order valence-corrected chi connectivity index (χ2v) is 7.73. The molecule has 0 bridgehead atoms. The zero-order valence-electron chi connectivity index (χ0n) is 16.5. The first-order valence-electron chi connectivity index (χ1n) is 9.59. The molecule has 2 heterocycles. The summed E-state index contributed by atoms with van der Waals surface area (Å²) in [7, 11) is 0. The van der Waals surface area contributed by atoms with Gasteiger partial charge in [-0.3, -0.25) is 14.0 Å². The van der Waals surface area contributed by atoms with Gasteiger partial charge in [0.1, 0.15) is 23.2 Å². The number of carbonyl (C=O) groups excluding carboxylic acids is 2. The quantitative estimate of drug-likeness (QED) is 0.712. The number of rotatable bonds is 5. The minimum atomic E-state index is -4.83. The zero-order chi connectivity index (χ0) is 23.0. The lowest BCUT2D eigenvalue weighted by atomic mass is 9.83. The van der Waals surface area contributed by atoms with Crippen molar-refractivity contribution in [1.29, 1.82) is 5.26 Å². The molecule has 0 aromatic carbocycles. The van der Waals surface area contributed by atoms with Crippen LogP contribution in [0.5, 0.6) is 0 Å². The third-order valence-corrected chi connectivity index (χ3v) is 5.28. The summed E-state index contributed by atoms with van der Waals surface area (Å²) < 4.78 is 68.9. The summed E-state index contributed by atoms with van der Waals surface area (Å²) in [5.41, 5.74) is -2.11. The molecule has 3 rings (SSSR count). The van der Waals surface area contributed by atoms with Crippen LogP contribution in [0.1, 0.15) is 60.0 Å². The first-order valence-corrected chi connectivity index (χ1v) is 9.59. The third-order valence-electron chi connectivity index (χ3n) is 5.28. The molecular weight excluding hydrogens is 423 g/mol. The van der Waals surface area contributed by atoms with E-state index in [0.29, 0.717) is 0 Å². The highest BCUT2D eigenvalue weighted by molar-refractivity contribution is 5.97. The summed E-state index contributed by atoms with van der Waals surface area (Å²) in [5.74, 6) is -4.29. The molecule has 11 heteroatoms. The van der Waals surface area contributed by atoms with Crippen molar-refractivity contribution in [3.63, 3.8) is 0 Å². The number of alkyl halides is 5. The van der Waals surface area contributed by atoms with Crippen LogP contribution in [0.15, 0.2) is 12.1 Å². The normalized spacial score (nSPS) is 16.8. The summed E-state index contributed by atoms with van der Waals surface area (Å²) in [6, 6.07) is 3.99. The molecule has 0 aliphatic heterocycles. The minimum Gasteiger partial charge on any atom is -0.345 e. The lowest BCUT2D eigenvalue weighted by Gasteiger charge is -2.28. The number of nitrogens with zero attached hydrogens (tertiary/aromatic N) is 3. The van der Waals surface area contributed by atoms with Gasteiger partial charge in [0, 0.05) is 18.4 Å². The summed E-state index contributed by atoms with van der Waals surface area (Å²) in [5, 5.41) is 11.8. The van der Waals surface area contributed by atoms with Gasteiger partial charge in [0.05, 0.1) is 12.2 Å². The molecule has 1 N–H and O–H groups in total. The molecule has 31 heavy (non-hydrogen) atoms. The van der Waals surface area contributed by atoms with Crippen LogP contribution in [-0.2, 0) is 17.4 Å². The standard InChI is InChI=1S/C20H19F5N4O2/c1-11(30)10-27-18(31)13-7-14(9-26)29-15(6-12-2-4-19(21,22)5-3-12)17(20(23,24)25)28-16(29)8-13/h7-8,12H,2-6,10H2,1H3,(H,27,31). The van der Waals surface area contributed by atoms with Crippen LogP contribution in [-0.4, -0.2) is 33.5 Å². The Morgan fingerprint density at radius 3 is 2.48 bits per heavy atom. The Kier molecular flexibility index (Phi) is 6.02. The van der Waals surface area contributed by atoms with Gasteiger partial charge in [-0.1, -0.05) is 0 Å². The maximum atomic E-state index is 13.7. The largest absolute Gasteiger partial charge is 0.435 e. The summed E-state index contributed by atoms with van der Waals surface area (Å²) in [4.78, 5) is 26.9. The minimum absolute atomic E-state index is 0.0605. The fraction of sp³-hybridized carbons (Fsp3) is 0.500. The van der Waals surface area contributed by atoms with E-state index in [0.717, 1.165) is 16.5 Å². The van der Waals surface area contributed by atoms with Crippen LogP contribution in [0, 0.1) is 17.2 Å². The van der Waals surface area contributed by atoms with Crippen molar-refractivity contribution in [2.75, 3.05) is 6.54 Å². The topological polar surface area (TPSA) is 87.3 Å². The lowest BCUT2D eigenvalue weighted by molar-refractivity contribution is -0.141. The molecule has 2 aromatic heterocycles. The molecule has 0 radical (unpaired) electrons. The number of nitrogens with one attached hydrogen (secondary N) is 1. The molecule has 0 unspecified atom stereocenters. The number of amides is 1. The molecule has 1 aliphatic carbocycles. The van der Waals surface area contributed by atoms with E-state index < -0.39 is 42.5 Å². The Morgan fingerprint density at radius 1 is 1.29 bits per heavy atom. The van der Waals surface area contributed by atoms with Crippen molar-refractivity contribution < 1.29 is 31.5 Å². The summed E-state index contributed by atoms with van der Waals surface area (Å²) in [6.07, 6.45) is -5.68. The number of pyridine rings is 1. The average Bonchev–Trinajstić information content (AvgIpc) is 3.05. The Balaban J connectivity index is 2.05. The second kappa shape index (κ2) is 8.24. The molecule has 2 aromatic rings. The number of fused-ring (bicyclic) bond motifs is 1. The highest BCUT2D eigenvalue weighted by Crippen LogP contribution is 2.40. The van der Waals surface area contributed by atoms with Crippen LogP contribution in [0.4, 0.5) is 22.0 Å². The molecule has 1 aliphatic rings. The van der Waals surface area contributed by atoms with Gasteiger partial charge in [-0.25, -0.2) is 13.8 Å². The lowest BCUT2D eigenvalue weighted by Crippen LogP contribution is -2.28. The molecule has 1 amide bonds. The molecule has 1 fully saturated rings.